The van der Waals surface area contributed by atoms with Gasteiger partial charge in [0.15, 0.2) is 0 Å². The molecular formula is C13H14N4O. The average molecular weight is 242 g/mol. The summed E-state index contributed by atoms with van der Waals surface area (Å²) in [4.78, 5) is 8.04. The summed E-state index contributed by atoms with van der Waals surface area (Å²) in [6.07, 6.45) is 4.41. The summed E-state index contributed by atoms with van der Waals surface area (Å²) in [5.41, 5.74) is 7.60. The van der Waals surface area contributed by atoms with E-state index in [2.05, 4.69) is 33.0 Å². The molecule has 2 N–H and O–H groups in total. The first-order valence-electron chi connectivity index (χ1n) is 5.95. The van der Waals surface area contributed by atoms with Crippen molar-refractivity contribution in [2.45, 2.75) is 12.5 Å². The van der Waals surface area contributed by atoms with Crippen molar-refractivity contribution in [2.24, 2.45) is 0 Å². The lowest BCUT2D eigenvalue weighted by Crippen LogP contribution is -2.24. The lowest BCUT2D eigenvalue weighted by atomic mass is 10.1. The van der Waals surface area contributed by atoms with Gasteiger partial charge in [-0.25, -0.2) is 9.97 Å². The average Bonchev–Trinajstić information content (AvgIpc) is 2.95. The van der Waals surface area contributed by atoms with Gasteiger partial charge in [-0.15, -0.1) is 0 Å². The van der Waals surface area contributed by atoms with Gasteiger partial charge in [0.05, 0.1) is 0 Å². The molecule has 1 atom stereocenters. The maximum Gasteiger partial charge on any atom is 0.321 e. The standard InChI is InChI=1S/C13H14N4O/c1-7-14-13(15-8-1)18-11-4-2-10(3-5-11)12-6-9-16-17-12/h1-5,7-8,12,16-17H,6,9H2/t12-/m0/s1. The Morgan fingerprint density at radius 2 is 1.89 bits per heavy atom. The largest absolute Gasteiger partial charge is 0.424 e. The zero-order chi connectivity index (χ0) is 12.2. The van der Waals surface area contributed by atoms with Gasteiger partial charge in [0, 0.05) is 25.0 Å². The summed E-state index contributed by atoms with van der Waals surface area (Å²) >= 11 is 0. The number of rotatable bonds is 3. The SMILES string of the molecule is c1cnc(Oc2ccc([C@@H]3CCNN3)cc2)nc1. The van der Waals surface area contributed by atoms with Crippen LogP contribution in [0.1, 0.15) is 18.0 Å². The molecule has 1 fully saturated rings. The van der Waals surface area contributed by atoms with E-state index in [1.165, 1.54) is 5.56 Å². The molecule has 0 amide bonds. The molecule has 0 radical (unpaired) electrons. The minimum Gasteiger partial charge on any atom is -0.424 e. The summed E-state index contributed by atoms with van der Waals surface area (Å²) in [6.45, 7) is 1.00. The minimum atomic E-state index is 0.367. The normalized spacial score (nSPS) is 18.8. The number of hydrogen-bond acceptors (Lipinski definition) is 5. The first kappa shape index (κ1) is 11.1. The van der Waals surface area contributed by atoms with Gasteiger partial charge in [-0.2, -0.15) is 0 Å². The second-order valence-electron chi connectivity index (χ2n) is 4.11. The molecule has 92 valence electrons. The third-order valence-electron chi connectivity index (χ3n) is 2.87. The quantitative estimate of drug-likeness (QED) is 0.859. The van der Waals surface area contributed by atoms with Crippen LogP contribution in [0.4, 0.5) is 0 Å². The van der Waals surface area contributed by atoms with Crippen molar-refractivity contribution >= 4 is 0 Å². The highest BCUT2D eigenvalue weighted by Crippen LogP contribution is 2.23. The Hall–Kier alpha value is -1.98. The van der Waals surface area contributed by atoms with Gasteiger partial charge < -0.3 is 4.74 Å². The third-order valence-corrected chi connectivity index (χ3v) is 2.87. The summed E-state index contributed by atoms with van der Waals surface area (Å²) in [5, 5.41) is 0. The third kappa shape index (κ3) is 2.47. The molecule has 1 aliphatic heterocycles. The van der Waals surface area contributed by atoms with Gasteiger partial charge >= 0.3 is 6.01 Å². The molecule has 0 unspecified atom stereocenters. The van der Waals surface area contributed by atoms with Crippen molar-refractivity contribution in [3.05, 3.63) is 48.3 Å². The number of ether oxygens (including phenoxy) is 1. The van der Waals surface area contributed by atoms with Gasteiger partial charge in [0.2, 0.25) is 0 Å². The monoisotopic (exact) mass is 242 g/mol. The van der Waals surface area contributed by atoms with Gasteiger partial charge in [0.1, 0.15) is 5.75 Å². The molecule has 1 saturated heterocycles. The number of aromatic nitrogens is 2. The summed E-state index contributed by atoms with van der Waals surface area (Å²) in [7, 11) is 0. The van der Waals surface area contributed by atoms with Crippen LogP contribution in [0.25, 0.3) is 0 Å². The molecule has 2 aromatic rings. The fourth-order valence-electron chi connectivity index (χ4n) is 1.95. The second-order valence-corrected chi connectivity index (χ2v) is 4.11. The first-order chi connectivity index (χ1) is 8.92. The van der Waals surface area contributed by atoms with Crippen LogP contribution >= 0.6 is 0 Å². The van der Waals surface area contributed by atoms with Crippen LogP contribution in [0.3, 0.4) is 0 Å². The molecule has 0 bridgehead atoms. The van der Waals surface area contributed by atoms with Crippen molar-refractivity contribution < 1.29 is 4.74 Å². The molecule has 1 aliphatic rings. The summed E-state index contributed by atoms with van der Waals surface area (Å²) < 4.78 is 5.54. The molecule has 1 aromatic carbocycles. The van der Waals surface area contributed by atoms with E-state index < -0.39 is 0 Å². The Balaban J connectivity index is 1.71. The Kier molecular flexibility index (Phi) is 3.16. The number of nitrogens with one attached hydrogen (secondary N) is 2. The molecule has 18 heavy (non-hydrogen) atoms. The van der Waals surface area contributed by atoms with E-state index in [0.29, 0.717) is 12.1 Å². The lowest BCUT2D eigenvalue weighted by molar-refractivity contribution is 0.441. The smallest absolute Gasteiger partial charge is 0.321 e. The Morgan fingerprint density at radius 1 is 1.11 bits per heavy atom. The first-order valence-corrected chi connectivity index (χ1v) is 5.95. The van der Waals surface area contributed by atoms with Crippen LogP contribution in [0.2, 0.25) is 0 Å². The van der Waals surface area contributed by atoms with Crippen molar-refractivity contribution in [3.63, 3.8) is 0 Å². The number of nitrogens with zero attached hydrogens (tertiary/aromatic N) is 2. The van der Waals surface area contributed by atoms with Crippen LogP contribution in [-0.4, -0.2) is 16.5 Å². The van der Waals surface area contributed by atoms with E-state index in [0.717, 1.165) is 18.7 Å². The lowest BCUT2D eigenvalue weighted by Gasteiger charge is -2.10. The van der Waals surface area contributed by atoms with Crippen LogP contribution in [0.5, 0.6) is 11.8 Å². The fourth-order valence-corrected chi connectivity index (χ4v) is 1.95. The maximum atomic E-state index is 5.54. The predicted octanol–water partition coefficient (Wildman–Crippen LogP) is 1.81. The van der Waals surface area contributed by atoms with E-state index in [9.17, 15) is 0 Å². The van der Waals surface area contributed by atoms with E-state index in [1.807, 2.05) is 12.1 Å². The highest BCUT2D eigenvalue weighted by Gasteiger charge is 2.15. The van der Waals surface area contributed by atoms with Gasteiger partial charge in [0.25, 0.3) is 0 Å². The zero-order valence-corrected chi connectivity index (χ0v) is 9.84. The van der Waals surface area contributed by atoms with Crippen molar-refractivity contribution in [2.75, 3.05) is 6.54 Å². The Morgan fingerprint density at radius 3 is 2.56 bits per heavy atom. The zero-order valence-electron chi connectivity index (χ0n) is 9.84. The Bertz CT molecular complexity index is 494. The van der Waals surface area contributed by atoms with E-state index in [4.69, 9.17) is 4.74 Å². The van der Waals surface area contributed by atoms with Crippen LogP contribution in [0, 0.1) is 0 Å². The van der Waals surface area contributed by atoms with Gasteiger partial charge in [-0.1, -0.05) is 12.1 Å². The van der Waals surface area contributed by atoms with E-state index in [1.54, 1.807) is 18.5 Å². The number of hydrogen-bond donors (Lipinski definition) is 2. The van der Waals surface area contributed by atoms with E-state index >= 15 is 0 Å². The predicted molar refractivity (Wildman–Crippen MR) is 67.0 cm³/mol. The molecule has 0 saturated carbocycles. The van der Waals surface area contributed by atoms with Gasteiger partial charge in [-0.05, 0) is 30.2 Å². The molecule has 1 aromatic heterocycles. The van der Waals surface area contributed by atoms with Gasteiger partial charge in [-0.3, -0.25) is 10.9 Å². The van der Waals surface area contributed by atoms with Crippen LogP contribution < -0.4 is 15.6 Å². The maximum absolute atomic E-state index is 5.54. The minimum absolute atomic E-state index is 0.367. The topological polar surface area (TPSA) is 59.1 Å². The number of hydrazine groups is 1. The van der Waals surface area contributed by atoms with Crippen molar-refractivity contribution in [1.82, 2.24) is 20.8 Å². The second kappa shape index (κ2) is 5.12. The highest BCUT2D eigenvalue weighted by atomic mass is 16.5. The Labute approximate surface area is 105 Å². The molecule has 2 heterocycles. The van der Waals surface area contributed by atoms with E-state index in [-0.39, 0.29) is 0 Å². The number of benzene rings is 1. The van der Waals surface area contributed by atoms with Crippen molar-refractivity contribution in [1.29, 1.82) is 0 Å². The highest BCUT2D eigenvalue weighted by molar-refractivity contribution is 5.31. The van der Waals surface area contributed by atoms with Crippen LogP contribution in [-0.2, 0) is 0 Å². The molecule has 3 rings (SSSR count). The summed E-state index contributed by atoms with van der Waals surface area (Å²) in [5.74, 6) is 0.746. The summed E-state index contributed by atoms with van der Waals surface area (Å²) in [6, 6.07) is 10.5. The molecular weight excluding hydrogens is 228 g/mol. The molecule has 0 spiro atoms. The fraction of sp³-hybridized carbons (Fsp3) is 0.231. The van der Waals surface area contributed by atoms with Crippen molar-refractivity contribution in [3.8, 4) is 11.8 Å². The molecule has 5 heteroatoms. The van der Waals surface area contributed by atoms with Crippen LogP contribution in [0.15, 0.2) is 42.7 Å². The molecule has 0 aliphatic carbocycles. The molecule has 5 nitrogen and oxygen atoms in total.